The van der Waals surface area contributed by atoms with Gasteiger partial charge in [-0.25, -0.2) is 4.79 Å². The zero-order valence-electron chi connectivity index (χ0n) is 7.07. The van der Waals surface area contributed by atoms with E-state index in [9.17, 15) is 9.59 Å². The van der Waals surface area contributed by atoms with Crippen molar-refractivity contribution in [2.75, 3.05) is 0 Å². The molecule has 0 fully saturated rings. The van der Waals surface area contributed by atoms with Gasteiger partial charge < -0.3 is 15.2 Å². The lowest BCUT2D eigenvalue weighted by atomic mass is 10.3. The zero-order valence-corrected chi connectivity index (χ0v) is 7.07. The van der Waals surface area contributed by atoms with Crippen LogP contribution >= 0.6 is 0 Å². The fourth-order valence-corrected chi connectivity index (χ4v) is 0.812. The number of aromatic amines is 1. The van der Waals surface area contributed by atoms with E-state index < -0.39 is 11.9 Å². The lowest BCUT2D eigenvalue weighted by Gasteiger charge is -1.81. The summed E-state index contributed by atoms with van der Waals surface area (Å²) in [5.41, 5.74) is 0.494. The van der Waals surface area contributed by atoms with Crippen molar-refractivity contribution < 1.29 is 19.8 Å². The van der Waals surface area contributed by atoms with Crippen LogP contribution in [0.3, 0.4) is 0 Å². The van der Waals surface area contributed by atoms with Crippen LogP contribution < -0.4 is 0 Å². The number of carbonyl (C=O) groups is 2. The third-order valence-electron chi connectivity index (χ3n) is 1.39. The molecule has 0 bridgehead atoms. The maximum Gasteiger partial charge on any atom is 0.352 e. The summed E-state index contributed by atoms with van der Waals surface area (Å²) in [5.74, 6) is 2.84. The Morgan fingerprint density at radius 2 is 2.14 bits per heavy atom. The number of aromatic nitrogens is 1. The predicted molar refractivity (Wildman–Crippen MR) is 46.9 cm³/mol. The van der Waals surface area contributed by atoms with Crippen LogP contribution in [0.5, 0.6) is 0 Å². The largest absolute Gasteiger partial charge is 0.481 e. The van der Waals surface area contributed by atoms with E-state index in [0.717, 1.165) is 0 Å². The summed E-state index contributed by atoms with van der Waals surface area (Å²) in [4.78, 5) is 23.0. The van der Waals surface area contributed by atoms with Crippen molar-refractivity contribution in [1.29, 1.82) is 0 Å². The van der Waals surface area contributed by atoms with E-state index in [0.29, 0.717) is 5.56 Å². The molecule has 14 heavy (non-hydrogen) atoms. The molecule has 1 rings (SSSR count). The number of rotatable bonds is 2. The van der Waals surface area contributed by atoms with Crippen LogP contribution in [-0.2, 0) is 4.79 Å². The second kappa shape index (κ2) is 4.14. The van der Waals surface area contributed by atoms with Crippen LogP contribution in [0.1, 0.15) is 22.5 Å². The molecule has 0 aromatic carbocycles. The Kier molecular flexibility index (Phi) is 2.92. The molecule has 0 saturated carbocycles. The van der Waals surface area contributed by atoms with Crippen LogP contribution in [0.15, 0.2) is 12.3 Å². The highest BCUT2D eigenvalue weighted by atomic mass is 16.4. The lowest BCUT2D eigenvalue weighted by Crippen LogP contribution is -1.94. The van der Waals surface area contributed by atoms with E-state index in [1.807, 2.05) is 0 Å². The lowest BCUT2D eigenvalue weighted by molar-refractivity contribution is -0.135. The molecule has 0 amide bonds. The maximum absolute atomic E-state index is 10.4. The molecule has 0 saturated heterocycles. The Labute approximate surface area is 79.4 Å². The van der Waals surface area contributed by atoms with E-state index in [4.69, 9.17) is 10.2 Å². The summed E-state index contributed by atoms with van der Waals surface area (Å²) < 4.78 is 0. The van der Waals surface area contributed by atoms with E-state index in [1.165, 1.54) is 12.3 Å². The fraction of sp³-hybridized carbons (Fsp3) is 0.111. The molecule has 1 heterocycles. The molecule has 0 aliphatic rings. The van der Waals surface area contributed by atoms with Gasteiger partial charge in [0.2, 0.25) is 0 Å². The number of carboxylic acid groups (broad SMARTS) is 2. The van der Waals surface area contributed by atoms with Crippen LogP contribution in [0.2, 0.25) is 0 Å². The van der Waals surface area contributed by atoms with Gasteiger partial charge >= 0.3 is 11.9 Å². The third-order valence-corrected chi connectivity index (χ3v) is 1.39. The van der Waals surface area contributed by atoms with Gasteiger partial charge in [-0.15, -0.1) is 0 Å². The summed E-state index contributed by atoms with van der Waals surface area (Å²) in [7, 11) is 0. The number of aromatic carboxylic acids is 1. The smallest absolute Gasteiger partial charge is 0.352 e. The van der Waals surface area contributed by atoms with Crippen LogP contribution in [0.4, 0.5) is 0 Å². The van der Waals surface area contributed by atoms with Gasteiger partial charge in [0.25, 0.3) is 0 Å². The minimum Gasteiger partial charge on any atom is -0.481 e. The molecule has 0 aliphatic heterocycles. The Morgan fingerprint density at radius 1 is 1.43 bits per heavy atom. The van der Waals surface area contributed by atoms with Gasteiger partial charge in [-0.05, 0) is 6.07 Å². The first-order chi connectivity index (χ1) is 6.59. The predicted octanol–water partition coefficient (Wildman–Crippen LogP) is 0.539. The summed E-state index contributed by atoms with van der Waals surface area (Å²) in [6.07, 6.45) is 1.16. The van der Waals surface area contributed by atoms with Crippen molar-refractivity contribution in [2.24, 2.45) is 0 Å². The van der Waals surface area contributed by atoms with E-state index in [2.05, 4.69) is 16.8 Å². The monoisotopic (exact) mass is 193 g/mol. The van der Waals surface area contributed by atoms with Crippen LogP contribution in [0.25, 0.3) is 0 Å². The molecule has 72 valence electrons. The maximum atomic E-state index is 10.4. The first-order valence-corrected chi connectivity index (χ1v) is 3.72. The minimum absolute atomic E-state index is 0.0321. The highest BCUT2D eigenvalue weighted by Crippen LogP contribution is 2.01. The number of nitrogens with one attached hydrogen (secondary N) is 1. The van der Waals surface area contributed by atoms with Gasteiger partial charge in [0.15, 0.2) is 0 Å². The molecule has 0 atom stereocenters. The summed E-state index contributed by atoms with van der Waals surface area (Å²) in [6, 6.07) is 1.34. The molecule has 0 spiro atoms. The molecule has 0 aliphatic carbocycles. The zero-order chi connectivity index (χ0) is 10.6. The Bertz CT molecular complexity index is 422. The van der Waals surface area contributed by atoms with E-state index >= 15 is 0 Å². The topological polar surface area (TPSA) is 90.4 Å². The van der Waals surface area contributed by atoms with Crippen molar-refractivity contribution in [3.05, 3.63) is 23.5 Å². The van der Waals surface area contributed by atoms with Crippen LogP contribution in [-0.4, -0.2) is 27.1 Å². The average Bonchev–Trinajstić information content (AvgIpc) is 2.52. The van der Waals surface area contributed by atoms with Gasteiger partial charge in [0, 0.05) is 11.8 Å². The minimum atomic E-state index is -1.07. The first kappa shape index (κ1) is 9.86. The van der Waals surface area contributed by atoms with Gasteiger partial charge in [-0.3, -0.25) is 4.79 Å². The second-order valence-electron chi connectivity index (χ2n) is 2.48. The summed E-state index contributed by atoms with van der Waals surface area (Å²) >= 11 is 0. The van der Waals surface area contributed by atoms with E-state index in [1.54, 1.807) is 0 Å². The van der Waals surface area contributed by atoms with Gasteiger partial charge in [-0.1, -0.05) is 11.8 Å². The molecule has 1 aromatic heterocycles. The fourth-order valence-electron chi connectivity index (χ4n) is 0.812. The number of hydrogen-bond donors (Lipinski definition) is 3. The van der Waals surface area contributed by atoms with Crippen molar-refractivity contribution in [3.63, 3.8) is 0 Å². The third kappa shape index (κ3) is 2.68. The normalized spacial score (nSPS) is 8.86. The number of H-pyrrole nitrogens is 1. The number of hydrogen-bond acceptors (Lipinski definition) is 2. The summed E-state index contributed by atoms with van der Waals surface area (Å²) in [5, 5.41) is 16.8. The standard InChI is InChI=1S/C9H7NO4/c11-8(12)3-1-2-6-4-7(9(13)14)10-5-6/h4-5,10H,3H2,(H,11,12)(H,13,14). The quantitative estimate of drug-likeness (QED) is 0.598. The number of aliphatic carboxylic acids is 1. The Morgan fingerprint density at radius 3 is 2.64 bits per heavy atom. The first-order valence-electron chi connectivity index (χ1n) is 3.72. The molecule has 5 heteroatoms. The van der Waals surface area contributed by atoms with Crippen molar-refractivity contribution >= 4 is 11.9 Å². The molecule has 1 aromatic rings. The second-order valence-corrected chi connectivity index (χ2v) is 2.48. The van der Waals surface area contributed by atoms with Gasteiger partial charge in [0.05, 0.1) is 0 Å². The summed E-state index contributed by atoms with van der Waals surface area (Å²) in [6.45, 7) is 0. The molecule has 3 N–H and O–H groups in total. The van der Waals surface area contributed by atoms with Crippen molar-refractivity contribution in [3.8, 4) is 11.8 Å². The highest BCUT2D eigenvalue weighted by Gasteiger charge is 2.03. The SMILES string of the molecule is O=C(O)CC#Cc1c[nH]c(C(=O)O)c1. The molecular weight excluding hydrogens is 186 g/mol. The molecule has 5 nitrogen and oxygen atoms in total. The van der Waals surface area contributed by atoms with Crippen molar-refractivity contribution in [1.82, 2.24) is 4.98 Å². The molecular formula is C9H7NO4. The van der Waals surface area contributed by atoms with Crippen molar-refractivity contribution in [2.45, 2.75) is 6.42 Å². The average molecular weight is 193 g/mol. The Hall–Kier alpha value is -2.22. The van der Waals surface area contributed by atoms with Gasteiger partial charge in [-0.2, -0.15) is 0 Å². The Balaban J connectivity index is 2.71. The van der Waals surface area contributed by atoms with Gasteiger partial charge in [0.1, 0.15) is 12.1 Å². The highest BCUT2D eigenvalue weighted by molar-refractivity contribution is 5.86. The molecule has 0 radical (unpaired) electrons. The molecule has 0 unspecified atom stereocenters. The van der Waals surface area contributed by atoms with E-state index in [-0.39, 0.29) is 12.1 Å². The van der Waals surface area contributed by atoms with Crippen LogP contribution in [0, 0.1) is 11.8 Å². The number of carboxylic acids is 2.